The van der Waals surface area contributed by atoms with Crippen molar-refractivity contribution in [3.8, 4) is 0 Å². The Hall–Kier alpha value is -3.49. The van der Waals surface area contributed by atoms with E-state index in [4.69, 9.17) is 0 Å². The monoisotopic (exact) mass is 415 g/mol. The van der Waals surface area contributed by atoms with Crippen molar-refractivity contribution in [1.29, 1.82) is 0 Å². The lowest BCUT2D eigenvalue weighted by Crippen LogP contribution is -2.49. The third-order valence-electron chi connectivity index (χ3n) is 4.66. The van der Waals surface area contributed by atoms with Crippen molar-refractivity contribution in [3.63, 3.8) is 0 Å². The number of nitrogens with one attached hydrogen (secondary N) is 3. The molecule has 3 rings (SSSR count). The molecule has 0 saturated carbocycles. The van der Waals surface area contributed by atoms with Crippen LogP contribution in [0.2, 0.25) is 0 Å². The van der Waals surface area contributed by atoms with Gasteiger partial charge in [-0.1, -0.05) is 12.1 Å². The van der Waals surface area contributed by atoms with E-state index >= 15 is 0 Å². The molecule has 0 atom stereocenters. The Morgan fingerprint density at radius 2 is 1.87 bits per heavy atom. The van der Waals surface area contributed by atoms with Gasteiger partial charge in [-0.2, -0.15) is 0 Å². The highest BCUT2D eigenvalue weighted by Gasteiger charge is 2.22. The molecule has 2 aromatic rings. The molecule has 0 unspecified atom stereocenters. The molecule has 0 spiro atoms. The molecule has 0 bridgehead atoms. The van der Waals surface area contributed by atoms with Gasteiger partial charge in [0.1, 0.15) is 11.6 Å². The van der Waals surface area contributed by atoms with Crippen molar-refractivity contribution in [2.24, 2.45) is 4.99 Å². The molecular formula is C21H23F2N5O2. The summed E-state index contributed by atoms with van der Waals surface area (Å²) in [5, 5.41) is 8.71. The highest BCUT2D eigenvalue weighted by molar-refractivity contribution is 5.97. The van der Waals surface area contributed by atoms with Crippen LogP contribution in [0, 0.1) is 11.6 Å². The summed E-state index contributed by atoms with van der Waals surface area (Å²) in [5.74, 6) is -0.911. The van der Waals surface area contributed by atoms with Crippen LogP contribution in [0.15, 0.2) is 47.5 Å². The molecule has 3 N–H and O–H groups in total. The molecule has 1 saturated heterocycles. The average Bonchev–Trinajstić information content (AvgIpc) is 2.76. The van der Waals surface area contributed by atoms with Crippen molar-refractivity contribution < 1.29 is 18.4 Å². The maximum absolute atomic E-state index is 13.7. The van der Waals surface area contributed by atoms with Gasteiger partial charge < -0.3 is 20.9 Å². The van der Waals surface area contributed by atoms with E-state index in [0.29, 0.717) is 31.2 Å². The fraction of sp³-hybridized carbons (Fsp3) is 0.286. The summed E-state index contributed by atoms with van der Waals surface area (Å²) in [5.41, 5.74) is 1.62. The minimum atomic E-state index is -0.504. The zero-order valence-corrected chi connectivity index (χ0v) is 16.5. The Balaban J connectivity index is 1.52. The lowest BCUT2D eigenvalue weighted by molar-refractivity contribution is -0.123. The zero-order valence-electron chi connectivity index (χ0n) is 16.5. The topological polar surface area (TPSA) is 85.8 Å². The molecular weight excluding hydrogens is 392 g/mol. The van der Waals surface area contributed by atoms with E-state index in [0.717, 1.165) is 23.8 Å². The molecule has 1 aliphatic heterocycles. The number of hydrogen-bond donors (Lipinski definition) is 3. The van der Waals surface area contributed by atoms with Crippen LogP contribution in [0.5, 0.6) is 0 Å². The van der Waals surface area contributed by atoms with Crippen LogP contribution in [0.1, 0.15) is 21.5 Å². The second-order valence-corrected chi connectivity index (χ2v) is 6.79. The van der Waals surface area contributed by atoms with Crippen LogP contribution < -0.4 is 16.0 Å². The smallest absolute Gasteiger partial charge is 0.254 e. The summed E-state index contributed by atoms with van der Waals surface area (Å²) >= 11 is 0. The van der Waals surface area contributed by atoms with Gasteiger partial charge in [0.05, 0.1) is 6.54 Å². The van der Waals surface area contributed by atoms with E-state index in [9.17, 15) is 18.4 Å². The Kier molecular flexibility index (Phi) is 6.95. The van der Waals surface area contributed by atoms with Gasteiger partial charge in [-0.3, -0.25) is 14.6 Å². The maximum atomic E-state index is 13.7. The number of piperazine rings is 1. The fourth-order valence-corrected chi connectivity index (χ4v) is 3.02. The van der Waals surface area contributed by atoms with Gasteiger partial charge in [0.25, 0.3) is 5.91 Å². The van der Waals surface area contributed by atoms with Gasteiger partial charge >= 0.3 is 0 Å². The van der Waals surface area contributed by atoms with E-state index < -0.39 is 11.6 Å². The molecule has 2 amide bonds. The van der Waals surface area contributed by atoms with Crippen molar-refractivity contribution >= 4 is 17.8 Å². The van der Waals surface area contributed by atoms with Crippen molar-refractivity contribution in [2.75, 3.05) is 26.7 Å². The van der Waals surface area contributed by atoms with Crippen LogP contribution in [0.25, 0.3) is 0 Å². The number of carbonyl (C=O) groups excluding carboxylic acids is 2. The summed E-state index contributed by atoms with van der Waals surface area (Å²) in [6, 6.07) is 10.3. The summed E-state index contributed by atoms with van der Waals surface area (Å²) in [6.07, 6.45) is 0. The van der Waals surface area contributed by atoms with Gasteiger partial charge in [-0.25, -0.2) is 8.78 Å². The Morgan fingerprint density at radius 3 is 2.57 bits per heavy atom. The molecule has 158 valence electrons. The van der Waals surface area contributed by atoms with Crippen molar-refractivity contribution in [2.45, 2.75) is 13.1 Å². The predicted molar refractivity (Wildman–Crippen MR) is 109 cm³/mol. The summed E-state index contributed by atoms with van der Waals surface area (Å²) in [7, 11) is 1.58. The van der Waals surface area contributed by atoms with Gasteiger partial charge in [-0.05, 0) is 35.9 Å². The number of hydrogen-bond acceptors (Lipinski definition) is 3. The molecule has 0 radical (unpaired) electrons. The Morgan fingerprint density at radius 1 is 1.13 bits per heavy atom. The van der Waals surface area contributed by atoms with E-state index in [-0.39, 0.29) is 30.5 Å². The zero-order chi connectivity index (χ0) is 21.5. The lowest BCUT2D eigenvalue weighted by Gasteiger charge is -2.26. The lowest BCUT2D eigenvalue weighted by atomic mass is 10.1. The molecule has 1 fully saturated rings. The van der Waals surface area contributed by atoms with Crippen LogP contribution >= 0.6 is 0 Å². The maximum Gasteiger partial charge on any atom is 0.254 e. The number of guanidine groups is 1. The predicted octanol–water partition coefficient (Wildman–Crippen LogP) is 1.40. The number of halogens is 2. The van der Waals surface area contributed by atoms with E-state index in [1.807, 2.05) is 12.1 Å². The summed E-state index contributed by atoms with van der Waals surface area (Å²) in [4.78, 5) is 29.5. The second kappa shape index (κ2) is 9.82. The quantitative estimate of drug-likeness (QED) is 0.509. The largest absolute Gasteiger partial charge is 0.353 e. The van der Waals surface area contributed by atoms with Gasteiger partial charge in [0, 0.05) is 44.4 Å². The molecule has 30 heavy (non-hydrogen) atoms. The third kappa shape index (κ3) is 5.53. The van der Waals surface area contributed by atoms with Crippen molar-refractivity contribution in [3.05, 3.63) is 70.8 Å². The molecule has 7 nitrogen and oxygen atoms in total. The molecule has 2 aromatic carbocycles. The van der Waals surface area contributed by atoms with Crippen LogP contribution in [0.3, 0.4) is 0 Å². The van der Waals surface area contributed by atoms with Gasteiger partial charge in [-0.15, -0.1) is 0 Å². The van der Waals surface area contributed by atoms with Gasteiger partial charge in [0.2, 0.25) is 5.91 Å². The molecule has 1 aliphatic rings. The fourth-order valence-electron chi connectivity index (χ4n) is 3.02. The van der Waals surface area contributed by atoms with Crippen LogP contribution in [-0.2, 0) is 17.9 Å². The Bertz CT molecular complexity index is 947. The molecule has 0 aliphatic carbocycles. The number of nitrogens with zero attached hydrogens (tertiary/aromatic N) is 2. The van der Waals surface area contributed by atoms with E-state index in [2.05, 4.69) is 20.9 Å². The first-order chi connectivity index (χ1) is 14.5. The van der Waals surface area contributed by atoms with E-state index in [1.54, 1.807) is 19.2 Å². The minimum absolute atomic E-state index is 0.0655. The first kappa shape index (κ1) is 21.2. The number of carbonyl (C=O) groups is 2. The number of rotatable bonds is 5. The summed E-state index contributed by atoms with van der Waals surface area (Å²) in [6.45, 7) is 1.52. The Labute approximate surface area is 173 Å². The average molecular weight is 415 g/mol. The van der Waals surface area contributed by atoms with Crippen LogP contribution in [-0.4, -0.2) is 49.4 Å². The molecule has 0 aromatic heterocycles. The number of benzene rings is 2. The second-order valence-electron chi connectivity index (χ2n) is 6.79. The summed E-state index contributed by atoms with van der Waals surface area (Å²) < 4.78 is 27.0. The molecule has 1 heterocycles. The minimum Gasteiger partial charge on any atom is -0.353 e. The van der Waals surface area contributed by atoms with E-state index in [1.165, 1.54) is 4.90 Å². The highest BCUT2D eigenvalue weighted by atomic mass is 19.1. The SMILES string of the molecule is CN=C(NCc1ccc(C(=O)N2CCNC(=O)C2)cc1)NCc1cc(F)ccc1F. The highest BCUT2D eigenvalue weighted by Crippen LogP contribution is 2.10. The van der Waals surface area contributed by atoms with Gasteiger partial charge in [0.15, 0.2) is 5.96 Å². The van der Waals surface area contributed by atoms with Crippen molar-refractivity contribution in [1.82, 2.24) is 20.9 Å². The third-order valence-corrected chi connectivity index (χ3v) is 4.66. The standard InChI is InChI=1S/C21H23F2N5O2/c1-24-21(27-12-16-10-17(22)6-7-18(16)23)26-11-14-2-4-15(5-3-14)20(30)28-9-8-25-19(29)13-28/h2-7,10H,8-9,11-13H2,1H3,(H,25,29)(H2,24,26,27). The molecule has 9 heteroatoms. The number of amides is 2. The number of aliphatic imine (C=N–C) groups is 1. The normalized spacial score (nSPS) is 14.3. The first-order valence-corrected chi connectivity index (χ1v) is 9.49. The first-order valence-electron chi connectivity index (χ1n) is 9.49. The van der Waals surface area contributed by atoms with Crippen LogP contribution in [0.4, 0.5) is 8.78 Å².